The van der Waals surface area contributed by atoms with Crippen molar-refractivity contribution < 1.29 is 14.3 Å². The van der Waals surface area contributed by atoms with Crippen LogP contribution in [0.5, 0.6) is 0 Å². The summed E-state index contributed by atoms with van der Waals surface area (Å²) in [5.41, 5.74) is 1.39. The van der Waals surface area contributed by atoms with Gasteiger partial charge in [-0.05, 0) is 19.1 Å². The molecule has 106 valence electrons. The largest absolute Gasteiger partial charge is 0.382 e. The quantitative estimate of drug-likeness (QED) is 0.682. The first-order chi connectivity index (χ1) is 9.17. The fourth-order valence-corrected chi connectivity index (χ4v) is 1.51. The molecule has 1 aromatic heterocycles. The fourth-order valence-electron chi connectivity index (χ4n) is 1.51. The minimum atomic E-state index is -0.127. The van der Waals surface area contributed by atoms with E-state index in [2.05, 4.69) is 15.6 Å². The lowest BCUT2D eigenvalue weighted by Crippen LogP contribution is -2.27. The summed E-state index contributed by atoms with van der Waals surface area (Å²) >= 11 is 0. The molecule has 0 bridgehead atoms. The first kappa shape index (κ1) is 15.4. The topological polar surface area (TPSA) is 72.5 Å². The van der Waals surface area contributed by atoms with Crippen LogP contribution in [0.3, 0.4) is 0 Å². The zero-order valence-electron chi connectivity index (χ0n) is 11.7. The van der Waals surface area contributed by atoms with Crippen molar-refractivity contribution in [3.05, 3.63) is 23.4 Å². The predicted molar refractivity (Wildman–Crippen MR) is 73.5 cm³/mol. The number of carbonyl (C=O) groups is 1. The van der Waals surface area contributed by atoms with E-state index in [4.69, 9.17) is 9.47 Å². The molecule has 0 aliphatic heterocycles. The normalized spacial score (nSPS) is 10.3. The number of hydrogen-bond acceptors (Lipinski definition) is 5. The van der Waals surface area contributed by atoms with Gasteiger partial charge in [-0.3, -0.25) is 4.79 Å². The molecular weight excluding hydrogens is 246 g/mol. The maximum Gasteiger partial charge on any atom is 0.251 e. The van der Waals surface area contributed by atoms with Crippen molar-refractivity contribution in [3.63, 3.8) is 0 Å². The van der Waals surface area contributed by atoms with Crippen LogP contribution in [0.4, 0.5) is 5.82 Å². The first-order valence-corrected chi connectivity index (χ1v) is 6.18. The Morgan fingerprint density at radius 2 is 2.11 bits per heavy atom. The molecule has 1 heterocycles. The third kappa shape index (κ3) is 5.67. The lowest BCUT2D eigenvalue weighted by Gasteiger charge is -2.08. The minimum Gasteiger partial charge on any atom is -0.382 e. The molecule has 2 N–H and O–H groups in total. The molecule has 0 aromatic carbocycles. The van der Waals surface area contributed by atoms with Crippen LogP contribution in [0, 0.1) is 6.92 Å². The van der Waals surface area contributed by atoms with Gasteiger partial charge in [0.2, 0.25) is 0 Å². The van der Waals surface area contributed by atoms with Crippen LogP contribution in [-0.4, -0.2) is 51.4 Å². The molecule has 6 heteroatoms. The Kier molecular flexibility index (Phi) is 6.84. The van der Waals surface area contributed by atoms with Crippen LogP contribution in [0.2, 0.25) is 0 Å². The molecule has 0 aliphatic rings. The van der Waals surface area contributed by atoms with Gasteiger partial charge in [0.25, 0.3) is 5.91 Å². The van der Waals surface area contributed by atoms with E-state index in [1.807, 2.05) is 6.92 Å². The molecule has 0 unspecified atom stereocenters. The Morgan fingerprint density at radius 1 is 1.32 bits per heavy atom. The number of rotatable bonds is 8. The van der Waals surface area contributed by atoms with Crippen LogP contribution in [0.15, 0.2) is 12.1 Å². The van der Waals surface area contributed by atoms with Crippen LogP contribution >= 0.6 is 0 Å². The van der Waals surface area contributed by atoms with E-state index in [0.29, 0.717) is 37.7 Å². The summed E-state index contributed by atoms with van der Waals surface area (Å²) < 4.78 is 10.1. The number of pyridine rings is 1. The van der Waals surface area contributed by atoms with E-state index < -0.39 is 0 Å². The van der Waals surface area contributed by atoms with E-state index in [0.717, 1.165) is 5.69 Å². The number of amides is 1. The lowest BCUT2D eigenvalue weighted by molar-refractivity contribution is 0.0692. The van der Waals surface area contributed by atoms with Crippen molar-refractivity contribution in [3.8, 4) is 0 Å². The Labute approximate surface area is 113 Å². The number of nitrogens with zero attached hydrogens (tertiary/aromatic N) is 1. The second kappa shape index (κ2) is 8.44. The van der Waals surface area contributed by atoms with E-state index in [-0.39, 0.29) is 5.91 Å². The Bertz CT molecular complexity index is 410. The van der Waals surface area contributed by atoms with Gasteiger partial charge >= 0.3 is 0 Å². The second-order valence-corrected chi connectivity index (χ2v) is 3.99. The third-order valence-electron chi connectivity index (χ3n) is 2.44. The summed E-state index contributed by atoms with van der Waals surface area (Å²) in [6.45, 7) is 3.88. The maximum atomic E-state index is 11.9. The Balaban J connectivity index is 2.39. The summed E-state index contributed by atoms with van der Waals surface area (Å²) in [6, 6.07) is 3.47. The Morgan fingerprint density at radius 3 is 2.79 bits per heavy atom. The van der Waals surface area contributed by atoms with Crippen molar-refractivity contribution >= 4 is 11.7 Å². The highest BCUT2D eigenvalue weighted by molar-refractivity contribution is 5.94. The van der Waals surface area contributed by atoms with Gasteiger partial charge < -0.3 is 20.1 Å². The van der Waals surface area contributed by atoms with Gasteiger partial charge in [-0.2, -0.15) is 0 Å². The molecule has 0 saturated carbocycles. The molecule has 6 nitrogen and oxygen atoms in total. The minimum absolute atomic E-state index is 0.127. The summed E-state index contributed by atoms with van der Waals surface area (Å²) in [6.07, 6.45) is 0. The van der Waals surface area contributed by atoms with E-state index in [1.165, 1.54) is 0 Å². The van der Waals surface area contributed by atoms with Crippen molar-refractivity contribution in [1.82, 2.24) is 10.3 Å². The van der Waals surface area contributed by atoms with Gasteiger partial charge in [-0.1, -0.05) is 0 Å². The number of ether oxygens (including phenoxy) is 2. The van der Waals surface area contributed by atoms with Gasteiger partial charge in [0, 0.05) is 32.0 Å². The number of aromatic nitrogens is 1. The average molecular weight is 267 g/mol. The zero-order chi connectivity index (χ0) is 14.1. The van der Waals surface area contributed by atoms with E-state index in [9.17, 15) is 4.79 Å². The monoisotopic (exact) mass is 267 g/mol. The predicted octanol–water partition coefficient (Wildman–Crippen LogP) is 0.825. The van der Waals surface area contributed by atoms with Gasteiger partial charge in [0.15, 0.2) is 0 Å². The van der Waals surface area contributed by atoms with Gasteiger partial charge in [-0.15, -0.1) is 0 Å². The Hall–Kier alpha value is -1.66. The molecule has 1 rings (SSSR count). The highest BCUT2D eigenvalue weighted by atomic mass is 16.5. The van der Waals surface area contributed by atoms with E-state index >= 15 is 0 Å². The summed E-state index contributed by atoms with van der Waals surface area (Å²) in [4.78, 5) is 16.1. The molecule has 0 aliphatic carbocycles. The van der Waals surface area contributed by atoms with Crippen LogP contribution in [-0.2, 0) is 9.47 Å². The molecule has 0 atom stereocenters. The van der Waals surface area contributed by atoms with Crippen LogP contribution < -0.4 is 10.6 Å². The number of hydrogen-bond donors (Lipinski definition) is 2. The molecule has 1 aromatic rings. The number of anilines is 1. The number of methoxy groups -OCH3 is 1. The molecule has 0 fully saturated rings. The number of carbonyl (C=O) groups excluding carboxylic acids is 1. The van der Waals surface area contributed by atoms with Gasteiger partial charge in [0.1, 0.15) is 5.82 Å². The van der Waals surface area contributed by atoms with Crippen molar-refractivity contribution in [2.24, 2.45) is 0 Å². The smallest absolute Gasteiger partial charge is 0.251 e. The average Bonchev–Trinajstić information content (AvgIpc) is 2.41. The summed E-state index contributed by atoms with van der Waals surface area (Å²) in [7, 11) is 3.39. The zero-order valence-corrected chi connectivity index (χ0v) is 11.7. The van der Waals surface area contributed by atoms with E-state index in [1.54, 1.807) is 26.3 Å². The molecular formula is C13H21N3O3. The van der Waals surface area contributed by atoms with Crippen molar-refractivity contribution in [2.75, 3.05) is 45.8 Å². The molecule has 0 spiro atoms. The molecule has 0 radical (unpaired) electrons. The number of nitrogens with one attached hydrogen (secondary N) is 2. The molecule has 19 heavy (non-hydrogen) atoms. The fraction of sp³-hybridized carbons (Fsp3) is 0.538. The first-order valence-electron chi connectivity index (χ1n) is 6.18. The standard InChI is InChI=1S/C13H21N3O3/c1-10-8-11(9-12(14-2)16-10)13(17)15-4-5-19-7-6-18-3/h8-9H,4-7H2,1-3H3,(H,14,16)(H,15,17). The summed E-state index contributed by atoms with van der Waals surface area (Å²) in [5.74, 6) is 0.554. The SMILES string of the molecule is CNc1cc(C(=O)NCCOCCOC)cc(C)n1. The third-order valence-corrected chi connectivity index (χ3v) is 2.44. The van der Waals surface area contributed by atoms with Crippen molar-refractivity contribution in [2.45, 2.75) is 6.92 Å². The second-order valence-electron chi connectivity index (χ2n) is 3.99. The maximum absolute atomic E-state index is 11.9. The van der Waals surface area contributed by atoms with Crippen molar-refractivity contribution in [1.29, 1.82) is 0 Å². The highest BCUT2D eigenvalue weighted by Gasteiger charge is 2.07. The summed E-state index contributed by atoms with van der Waals surface area (Å²) in [5, 5.41) is 5.72. The highest BCUT2D eigenvalue weighted by Crippen LogP contribution is 2.09. The van der Waals surface area contributed by atoms with Gasteiger partial charge in [-0.25, -0.2) is 4.98 Å². The van der Waals surface area contributed by atoms with Crippen LogP contribution in [0.1, 0.15) is 16.1 Å². The lowest BCUT2D eigenvalue weighted by atomic mass is 10.2. The number of aryl methyl sites for hydroxylation is 1. The van der Waals surface area contributed by atoms with Crippen LogP contribution in [0.25, 0.3) is 0 Å². The molecule has 1 amide bonds. The molecule has 0 saturated heterocycles. The van der Waals surface area contributed by atoms with Gasteiger partial charge in [0.05, 0.1) is 19.8 Å².